The Bertz CT molecular complexity index is 216. The summed E-state index contributed by atoms with van der Waals surface area (Å²) in [7, 11) is 0. The zero-order valence-electron chi connectivity index (χ0n) is 8.08. The minimum Gasteiger partial charge on any atom is -0.0885 e. The van der Waals surface area contributed by atoms with Crippen molar-refractivity contribution in [3.63, 3.8) is 0 Å². The van der Waals surface area contributed by atoms with Crippen LogP contribution in [-0.2, 0) is 0 Å². The molecule has 0 bridgehead atoms. The minimum absolute atomic E-state index is 1.10. The van der Waals surface area contributed by atoms with Crippen LogP contribution in [0.1, 0.15) is 32.1 Å². The Hall–Kier alpha value is -1.04. The van der Waals surface area contributed by atoms with Gasteiger partial charge in [-0.05, 0) is 38.2 Å². The Labute approximate surface area is 81.4 Å². The second kappa shape index (κ2) is 7.60. The van der Waals surface area contributed by atoms with Gasteiger partial charge in [-0.3, -0.25) is 0 Å². The summed E-state index contributed by atoms with van der Waals surface area (Å²) in [5, 5.41) is 0. The monoisotopic (exact) mass is 173 g/mol. The molecule has 0 heterocycles. The van der Waals surface area contributed by atoms with Crippen LogP contribution in [0.3, 0.4) is 0 Å². The molecule has 1 aliphatic carbocycles. The lowest BCUT2D eigenvalue weighted by Crippen LogP contribution is -1.69. The highest BCUT2D eigenvalue weighted by Crippen LogP contribution is 2.01. The Morgan fingerprint density at radius 3 is 2.62 bits per heavy atom. The van der Waals surface area contributed by atoms with Gasteiger partial charge >= 0.3 is 0 Å². The highest BCUT2D eigenvalue weighted by atomic mass is 13.9. The topological polar surface area (TPSA) is 0 Å². The van der Waals surface area contributed by atoms with Gasteiger partial charge in [0.15, 0.2) is 0 Å². The van der Waals surface area contributed by atoms with Gasteiger partial charge in [-0.1, -0.05) is 42.5 Å². The first-order valence-electron chi connectivity index (χ1n) is 5.04. The maximum absolute atomic E-state index is 3.13. The summed E-state index contributed by atoms with van der Waals surface area (Å²) >= 11 is 0. The Balaban J connectivity index is 2.38. The molecule has 0 amide bonds. The van der Waals surface area contributed by atoms with E-state index in [4.69, 9.17) is 0 Å². The quantitative estimate of drug-likeness (QED) is 0.486. The molecule has 13 heavy (non-hydrogen) atoms. The van der Waals surface area contributed by atoms with E-state index in [1.165, 1.54) is 19.3 Å². The zero-order chi connectivity index (χ0) is 9.19. The third kappa shape index (κ3) is 6.15. The van der Waals surface area contributed by atoms with Crippen LogP contribution < -0.4 is 0 Å². The third-order valence-electron chi connectivity index (χ3n) is 1.94. The summed E-state index contributed by atoms with van der Waals surface area (Å²) in [6.07, 6.45) is 24.0. The molecule has 0 saturated carbocycles. The van der Waals surface area contributed by atoms with Gasteiger partial charge in [0.1, 0.15) is 0 Å². The fraction of sp³-hybridized carbons (Fsp3) is 0.385. The Morgan fingerprint density at radius 1 is 0.769 bits per heavy atom. The number of rotatable bonds is 0. The van der Waals surface area contributed by atoms with Crippen LogP contribution in [0.5, 0.6) is 0 Å². The smallest absolute Gasteiger partial charge is 0.0227 e. The van der Waals surface area contributed by atoms with Crippen molar-refractivity contribution in [3.8, 4) is 0 Å². The molecule has 0 N–H and O–H groups in total. The predicted molar refractivity (Wildman–Crippen MR) is 58.3 cm³/mol. The summed E-state index contributed by atoms with van der Waals surface area (Å²) in [5.74, 6) is 0. The lowest BCUT2D eigenvalue weighted by Gasteiger charge is -1.89. The summed E-state index contributed by atoms with van der Waals surface area (Å²) in [6.45, 7) is 0. The van der Waals surface area contributed by atoms with Gasteiger partial charge < -0.3 is 0 Å². The van der Waals surface area contributed by atoms with E-state index in [1.54, 1.807) is 0 Å². The molecule has 0 aromatic rings. The van der Waals surface area contributed by atoms with E-state index in [2.05, 4.69) is 36.5 Å². The minimum atomic E-state index is 1.10. The van der Waals surface area contributed by atoms with Crippen molar-refractivity contribution in [2.24, 2.45) is 0 Å². The first kappa shape index (κ1) is 10.0. The molecule has 69 valence electrons. The van der Waals surface area contributed by atoms with Crippen LogP contribution in [0.2, 0.25) is 0 Å². The maximum atomic E-state index is 3.13. The summed E-state index contributed by atoms with van der Waals surface area (Å²) in [5.41, 5.74) is 0. The number of hydrogen-bond acceptors (Lipinski definition) is 0. The number of hydrogen-bond donors (Lipinski definition) is 0. The normalized spacial score (nSPS) is 28.9. The van der Waals surface area contributed by atoms with Crippen LogP contribution in [0.4, 0.5) is 0 Å². The molecular weight excluding hydrogens is 156 g/mol. The van der Waals surface area contributed by atoms with Crippen molar-refractivity contribution in [3.05, 3.63) is 48.6 Å². The first-order chi connectivity index (χ1) is 6.50. The molecule has 1 radical (unpaired) electrons. The average molecular weight is 173 g/mol. The molecule has 1 rings (SSSR count). The Kier molecular flexibility index (Phi) is 5.87. The third-order valence-corrected chi connectivity index (χ3v) is 1.94. The molecule has 0 saturated heterocycles. The fourth-order valence-corrected chi connectivity index (χ4v) is 1.21. The number of allylic oxidation sites excluding steroid dienone is 8. The lowest BCUT2D eigenvalue weighted by atomic mass is 10.2. The molecule has 0 spiro atoms. The summed E-state index contributed by atoms with van der Waals surface area (Å²) in [4.78, 5) is 0. The van der Waals surface area contributed by atoms with Gasteiger partial charge in [0.05, 0.1) is 0 Å². The van der Waals surface area contributed by atoms with Crippen molar-refractivity contribution in [2.75, 3.05) is 0 Å². The SMILES string of the molecule is [C]1=C/CC/C=C/CCC/C=C/C=C/1. The molecule has 0 fully saturated rings. The molecule has 0 heteroatoms. The highest BCUT2D eigenvalue weighted by Gasteiger charge is 1.81. The van der Waals surface area contributed by atoms with Crippen LogP contribution in [-0.4, -0.2) is 0 Å². The van der Waals surface area contributed by atoms with Gasteiger partial charge in [-0.25, -0.2) is 0 Å². The van der Waals surface area contributed by atoms with Crippen LogP contribution in [0.25, 0.3) is 0 Å². The average Bonchev–Trinajstić information content (AvgIpc) is 2.18. The van der Waals surface area contributed by atoms with Crippen molar-refractivity contribution < 1.29 is 0 Å². The van der Waals surface area contributed by atoms with Crippen molar-refractivity contribution in [2.45, 2.75) is 32.1 Å². The fourth-order valence-electron chi connectivity index (χ4n) is 1.21. The van der Waals surface area contributed by atoms with Crippen LogP contribution in [0.15, 0.2) is 42.5 Å². The van der Waals surface area contributed by atoms with Gasteiger partial charge in [-0.2, -0.15) is 0 Å². The van der Waals surface area contributed by atoms with Gasteiger partial charge in [0, 0.05) is 0 Å². The molecule has 0 aromatic carbocycles. The van der Waals surface area contributed by atoms with E-state index in [0.29, 0.717) is 0 Å². The largest absolute Gasteiger partial charge is 0.0885 e. The van der Waals surface area contributed by atoms with E-state index in [9.17, 15) is 0 Å². The second-order valence-corrected chi connectivity index (χ2v) is 3.14. The van der Waals surface area contributed by atoms with Crippen LogP contribution >= 0.6 is 0 Å². The van der Waals surface area contributed by atoms with E-state index in [1.807, 2.05) is 12.2 Å². The lowest BCUT2D eigenvalue weighted by molar-refractivity contribution is 0.863. The standard InChI is InChI=1S/C13H17/c1-2-4-6-8-10-12-13-11-9-7-5-3-1/h1-4,8,11,13H,5,7,9-10,12H2/b3-1+,4-2+,8-6?,13-11+. The molecule has 1 aliphatic rings. The summed E-state index contributed by atoms with van der Waals surface area (Å²) < 4.78 is 0. The Morgan fingerprint density at radius 2 is 1.62 bits per heavy atom. The zero-order valence-corrected chi connectivity index (χ0v) is 8.08. The summed E-state index contributed by atoms with van der Waals surface area (Å²) in [6, 6.07) is 0. The highest BCUT2D eigenvalue weighted by molar-refractivity contribution is 5.07. The van der Waals surface area contributed by atoms with E-state index >= 15 is 0 Å². The molecule has 0 unspecified atom stereocenters. The first-order valence-corrected chi connectivity index (χ1v) is 5.04. The second-order valence-electron chi connectivity index (χ2n) is 3.14. The van der Waals surface area contributed by atoms with Crippen molar-refractivity contribution in [1.29, 1.82) is 0 Å². The van der Waals surface area contributed by atoms with Crippen LogP contribution in [0, 0.1) is 6.08 Å². The van der Waals surface area contributed by atoms with Crippen molar-refractivity contribution in [1.82, 2.24) is 0 Å². The molecule has 0 aliphatic heterocycles. The van der Waals surface area contributed by atoms with Crippen molar-refractivity contribution >= 4 is 0 Å². The van der Waals surface area contributed by atoms with E-state index < -0.39 is 0 Å². The molecule has 0 aromatic heterocycles. The van der Waals surface area contributed by atoms with E-state index in [0.717, 1.165) is 12.8 Å². The molecule has 0 nitrogen and oxygen atoms in total. The predicted octanol–water partition coefficient (Wildman–Crippen LogP) is 3.98. The van der Waals surface area contributed by atoms with Gasteiger partial charge in [0.25, 0.3) is 0 Å². The van der Waals surface area contributed by atoms with Gasteiger partial charge in [0.2, 0.25) is 0 Å². The van der Waals surface area contributed by atoms with Gasteiger partial charge in [-0.15, -0.1) is 0 Å². The van der Waals surface area contributed by atoms with E-state index in [-0.39, 0.29) is 0 Å². The molecular formula is C13H17. The molecule has 0 atom stereocenters. The maximum Gasteiger partial charge on any atom is -0.0227 e.